The molecule has 1 amide bonds. The zero-order valence-corrected chi connectivity index (χ0v) is 13.7. The van der Waals surface area contributed by atoms with Crippen molar-refractivity contribution in [1.29, 1.82) is 0 Å². The van der Waals surface area contributed by atoms with Gasteiger partial charge in [0.15, 0.2) is 0 Å². The molecule has 2 aliphatic heterocycles. The molecular formula is C18H26N2O2. The third-order valence-corrected chi connectivity index (χ3v) is 4.55. The fourth-order valence-corrected chi connectivity index (χ4v) is 3.31. The van der Waals surface area contributed by atoms with Crippen LogP contribution in [-0.4, -0.2) is 48.5 Å². The van der Waals surface area contributed by atoms with Gasteiger partial charge < -0.3 is 9.64 Å². The van der Waals surface area contributed by atoms with Crippen molar-refractivity contribution < 1.29 is 9.53 Å². The van der Waals surface area contributed by atoms with E-state index in [-0.39, 0.29) is 11.8 Å². The van der Waals surface area contributed by atoms with Gasteiger partial charge in [0, 0.05) is 45.1 Å². The van der Waals surface area contributed by atoms with Gasteiger partial charge in [0.1, 0.15) is 5.75 Å². The molecule has 1 aromatic rings. The molecule has 1 saturated heterocycles. The van der Waals surface area contributed by atoms with E-state index >= 15 is 0 Å². The van der Waals surface area contributed by atoms with Gasteiger partial charge in [0.05, 0.1) is 6.61 Å². The number of carbonyl (C=O) groups excluding carboxylic acids is 1. The van der Waals surface area contributed by atoms with E-state index in [9.17, 15) is 4.79 Å². The summed E-state index contributed by atoms with van der Waals surface area (Å²) in [5, 5.41) is 0. The number of benzene rings is 1. The average Bonchev–Trinajstić information content (AvgIpc) is 2.84. The van der Waals surface area contributed by atoms with Crippen molar-refractivity contribution in [3.05, 3.63) is 29.3 Å². The topological polar surface area (TPSA) is 32.8 Å². The number of amides is 1. The fourth-order valence-electron chi connectivity index (χ4n) is 3.31. The van der Waals surface area contributed by atoms with E-state index in [0.717, 1.165) is 57.9 Å². The van der Waals surface area contributed by atoms with E-state index in [1.54, 1.807) is 0 Å². The molecule has 4 nitrogen and oxygen atoms in total. The number of fused-ring (bicyclic) bond motifs is 1. The van der Waals surface area contributed by atoms with Crippen LogP contribution in [0.3, 0.4) is 0 Å². The Kier molecular flexibility index (Phi) is 4.67. The summed E-state index contributed by atoms with van der Waals surface area (Å²) in [6.07, 6.45) is 2.09. The highest BCUT2D eigenvalue weighted by atomic mass is 16.5. The molecule has 2 heterocycles. The van der Waals surface area contributed by atoms with Gasteiger partial charge in [-0.2, -0.15) is 0 Å². The van der Waals surface area contributed by atoms with E-state index in [1.807, 2.05) is 18.7 Å². The molecule has 0 saturated carbocycles. The Morgan fingerprint density at radius 3 is 2.91 bits per heavy atom. The van der Waals surface area contributed by atoms with Crippen molar-refractivity contribution in [2.45, 2.75) is 33.2 Å². The SMILES string of the molecule is CC(C)C(=O)N1CCCN(Cc2ccc3c(c2)CCO3)CC1. The van der Waals surface area contributed by atoms with Crippen molar-refractivity contribution in [2.75, 3.05) is 32.8 Å². The molecular weight excluding hydrogens is 276 g/mol. The third-order valence-electron chi connectivity index (χ3n) is 4.55. The summed E-state index contributed by atoms with van der Waals surface area (Å²) in [5.41, 5.74) is 2.69. The van der Waals surface area contributed by atoms with Crippen LogP contribution in [0.5, 0.6) is 5.75 Å². The fraction of sp³-hybridized carbons (Fsp3) is 0.611. The molecule has 0 spiro atoms. The molecule has 1 fully saturated rings. The van der Waals surface area contributed by atoms with E-state index in [2.05, 4.69) is 23.1 Å². The van der Waals surface area contributed by atoms with Gasteiger partial charge in [0.2, 0.25) is 5.91 Å². The van der Waals surface area contributed by atoms with Crippen molar-refractivity contribution in [1.82, 2.24) is 9.80 Å². The molecule has 0 aliphatic carbocycles. The van der Waals surface area contributed by atoms with Crippen LogP contribution >= 0.6 is 0 Å². The smallest absolute Gasteiger partial charge is 0.225 e. The minimum absolute atomic E-state index is 0.100. The zero-order chi connectivity index (χ0) is 15.5. The van der Waals surface area contributed by atoms with Crippen LogP contribution in [0.1, 0.15) is 31.4 Å². The minimum Gasteiger partial charge on any atom is -0.493 e. The van der Waals surface area contributed by atoms with Crippen molar-refractivity contribution in [2.24, 2.45) is 5.92 Å². The predicted molar refractivity (Wildman–Crippen MR) is 87.0 cm³/mol. The molecule has 0 N–H and O–H groups in total. The van der Waals surface area contributed by atoms with Crippen LogP contribution in [0.4, 0.5) is 0 Å². The lowest BCUT2D eigenvalue weighted by atomic mass is 10.1. The largest absolute Gasteiger partial charge is 0.493 e. The third kappa shape index (κ3) is 3.43. The van der Waals surface area contributed by atoms with E-state index in [1.165, 1.54) is 11.1 Å². The Labute approximate surface area is 133 Å². The van der Waals surface area contributed by atoms with Crippen LogP contribution in [0.15, 0.2) is 18.2 Å². The second-order valence-corrected chi connectivity index (χ2v) is 6.65. The lowest BCUT2D eigenvalue weighted by molar-refractivity contribution is -0.134. The van der Waals surface area contributed by atoms with E-state index in [4.69, 9.17) is 4.74 Å². The number of nitrogens with zero attached hydrogens (tertiary/aromatic N) is 2. The number of hydrogen-bond donors (Lipinski definition) is 0. The van der Waals surface area contributed by atoms with Gasteiger partial charge in [-0.15, -0.1) is 0 Å². The summed E-state index contributed by atoms with van der Waals surface area (Å²) < 4.78 is 5.57. The summed E-state index contributed by atoms with van der Waals surface area (Å²) in [5.74, 6) is 1.44. The molecule has 0 aromatic heterocycles. The summed E-state index contributed by atoms with van der Waals surface area (Å²) in [7, 11) is 0. The van der Waals surface area contributed by atoms with Crippen molar-refractivity contribution in [3.8, 4) is 5.75 Å². The average molecular weight is 302 g/mol. The number of hydrogen-bond acceptors (Lipinski definition) is 3. The number of ether oxygens (including phenoxy) is 1. The maximum absolute atomic E-state index is 12.1. The quantitative estimate of drug-likeness (QED) is 0.859. The van der Waals surface area contributed by atoms with Crippen LogP contribution in [-0.2, 0) is 17.8 Å². The Hall–Kier alpha value is -1.55. The number of rotatable bonds is 3. The molecule has 3 rings (SSSR count). The molecule has 120 valence electrons. The molecule has 1 aromatic carbocycles. The lowest BCUT2D eigenvalue weighted by Gasteiger charge is -2.23. The van der Waals surface area contributed by atoms with E-state index < -0.39 is 0 Å². The first-order valence-corrected chi connectivity index (χ1v) is 8.39. The zero-order valence-electron chi connectivity index (χ0n) is 13.7. The van der Waals surface area contributed by atoms with Crippen molar-refractivity contribution >= 4 is 5.91 Å². The molecule has 22 heavy (non-hydrogen) atoms. The highest BCUT2D eigenvalue weighted by molar-refractivity contribution is 5.78. The first-order valence-electron chi connectivity index (χ1n) is 8.39. The maximum Gasteiger partial charge on any atom is 0.225 e. The summed E-state index contributed by atoms with van der Waals surface area (Å²) in [6, 6.07) is 6.56. The number of carbonyl (C=O) groups is 1. The Bertz CT molecular complexity index is 542. The Morgan fingerprint density at radius 1 is 1.23 bits per heavy atom. The molecule has 0 unspecified atom stereocenters. The van der Waals surface area contributed by atoms with Crippen LogP contribution in [0, 0.1) is 5.92 Å². The molecule has 4 heteroatoms. The van der Waals surface area contributed by atoms with Crippen LogP contribution < -0.4 is 4.74 Å². The van der Waals surface area contributed by atoms with Crippen LogP contribution in [0.2, 0.25) is 0 Å². The highest BCUT2D eigenvalue weighted by Gasteiger charge is 2.21. The molecule has 0 atom stereocenters. The van der Waals surface area contributed by atoms with Crippen molar-refractivity contribution in [3.63, 3.8) is 0 Å². The lowest BCUT2D eigenvalue weighted by Crippen LogP contribution is -2.37. The maximum atomic E-state index is 12.1. The molecule has 0 radical (unpaired) electrons. The van der Waals surface area contributed by atoms with Gasteiger partial charge in [-0.05, 0) is 23.6 Å². The second kappa shape index (κ2) is 6.69. The van der Waals surface area contributed by atoms with Gasteiger partial charge >= 0.3 is 0 Å². The minimum atomic E-state index is 0.100. The first kappa shape index (κ1) is 15.3. The Balaban J connectivity index is 1.58. The van der Waals surface area contributed by atoms with Gasteiger partial charge in [-0.3, -0.25) is 9.69 Å². The van der Waals surface area contributed by atoms with Gasteiger partial charge in [-0.25, -0.2) is 0 Å². The monoisotopic (exact) mass is 302 g/mol. The highest BCUT2D eigenvalue weighted by Crippen LogP contribution is 2.26. The molecule has 0 bridgehead atoms. The van der Waals surface area contributed by atoms with Gasteiger partial charge in [-0.1, -0.05) is 26.0 Å². The molecule has 2 aliphatic rings. The Morgan fingerprint density at radius 2 is 2.09 bits per heavy atom. The summed E-state index contributed by atoms with van der Waals surface area (Å²) in [6.45, 7) is 9.53. The van der Waals surface area contributed by atoms with Crippen LogP contribution in [0.25, 0.3) is 0 Å². The normalized spacial score (nSPS) is 19.0. The van der Waals surface area contributed by atoms with E-state index in [0.29, 0.717) is 0 Å². The predicted octanol–water partition coefficient (Wildman–Crippen LogP) is 2.31. The second-order valence-electron chi connectivity index (χ2n) is 6.65. The standard InChI is InChI=1S/C18H26N2O2/c1-14(2)18(21)20-8-3-7-19(9-10-20)13-15-4-5-17-16(12-15)6-11-22-17/h4-5,12,14H,3,6-11,13H2,1-2H3. The summed E-state index contributed by atoms with van der Waals surface area (Å²) in [4.78, 5) is 16.6. The van der Waals surface area contributed by atoms with Gasteiger partial charge in [0.25, 0.3) is 0 Å². The first-order chi connectivity index (χ1) is 10.6. The summed E-state index contributed by atoms with van der Waals surface area (Å²) >= 11 is 0.